The van der Waals surface area contributed by atoms with E-state index in [-0.39, 0.29) is 6.42 Å². The third-order valence-corrected chi connectivity index (χ3v) is 5.51. The SMILES string of the molecule is O=C(O)C[C@]1(O)Cc2ccccc2CC1NC(=O)c1cc2cc(Cl)ccc2[nH]1. The predicted octanol–water partition coefficient (Wildman–Crippen LogP) is 2.92. The molecule has 0 saturated heterocycles. The fraction of sp³-hybridized carbons (Fsp3) is 0.238. The van der Waals surface area contributed by atoms with Gasteiger partial charge < -0.3 is 20.5 Å². The molecule has 0 saturated carbocycles. The van der Waals surface area contributed by atoms with Gasteiger partial charge in [0.1, 0.15) is 5.69 Å². The first kappa shape index (κ1) is 18.5. The van der Waals surface area contributed by atoms with E-state index in [0.717, 1.165) is 22.0 Å². The highest BCUT2D eigenvalue weighted by Crippen LogP contribution is 2.32. The Morgan fingerprint density at radius 1 is 1.18 bits per heavy atom. The number of H-pyrrole nitrogens is 1. The van der Waals surface area contributed by atoms with E-state index in [4.69, 9.17) is 11.6 Å². The molecule has 1 aliphatic carbocycles. The fourth-order valence-corrected chi connectivity index (χ4v) is 4.07. The largest absolute Gasteiger partial charge is 0.481 e. The van der Waals surface area contributed by atoms with Gasteiger partial charge in [-0.15, -0.1) is 0 Å². The number of aromatic nitrogens is 1. The van der Waals surface area contributed by atoms with E-state index in [1.54, 1.807) is 24.3 Å². The Morgan fingerprint density at radius 2 is 1.93 bits per heavy atom. The van der Waals surface area contributed by atoms with Crippen molar-refractivity contribution in [2.45, 2.75) is 30.9 Å². The van der Waals surface area contributed by atoms with E-state index >= 15 is 0 Å². The van der Waals surface area contributed by atoms with Crippen molar-refractivity contribution in [3.8, 4) is 0 Å². The Kier molecular flexibility index (Phi) is 4.61. The van der Waals surface area contributed by atoms with E-state index in [9.17, 15) is 19.8 Å². The van der Waals surface area contributed by atoms with E-state index in [0.29, 0.717) is 17.1 Å². The molecule has 0 radical (unpaired) electrons. The third kappa shape index (κ3) is 3.48. The molecular weight excluding hydrogens is 380 g/mol. The van der Waals surface area contributed by atoms with Crippen molar-refractivity contribution < 1.29 is 19.8 Å². The van der Waals surface area contributed by atoms with Crippen molar-refractivity contribution in [2.75, 3.05) is 0 Å². The molecule has 7 heteroatoms. The van der Waals surface area contributed by atoms with Gasteiger partial charge in [-0.1, -0.05) is 35.9 Å². The third-order valence-electron chi connectivity index (χ3n) is 5.28. The van der Waals surface area contributed by atoms with Crippen LogP contribution in [0.25, 0.3) is 10.9 Å². The van der Waals surface area contributed by atoms with E-state index in [1.165, 1.54) is 0 Å². The number of nitrogens with one attached hydrogen (secondary N) is 2. The molecule has 144 valence electrons. The number of rotatable bonds is 4. The molecular formula is C21H19ClN2O4. The van der Waals surface area contributed by atoms with Crippen molar-refractivity contribution in [3.63, 3.8) is 0 Å². The quantitative estimate of drug-likeness (QED) is 0.542. The number of amides is 1. The summed E-state index contributed by atoms with van der Waals surface area (Å²) in [6.07, 6.45) is 0.0784. The molecule has 28 heavy (non-hydrogen) atoms. The number of carbonyl (C=O) groups is 2. The van der Waals surface area contributed by atoms with Crippen LogP contribution in [0.15, 0.2) is 48.5 Å². The molecule has 1 aliphatic rings. The Labute approximate surface area is 166 Å². The van der Waals surface area contributed by atoms with Gasteiger partial charge in [0, 0.05) is 22.3 Å². The van der Waals surface area contributed by atoms with Crippen molar-refractivity contribution in [2.24, 2.45) is 0 Å². The highest BCUT2D eigenvalue weighted by molar-refractivity contribution is 6.31. The summed E-state index contributed by atoms with van der Waals surface area (Å²) in [5, 5.41) is 24.6. The van der Waals surface area contributed by atoms with Crippen LogP contribution in [-0.4, -0.2) is 38.7 Å². The van der Waals surface area contributed by atoms with Gasteiger partial charge in [-0.25, -0.2) is 0 Å². The first-order chi connectivity index (χ1) is 13.3. The van der Waals surface area contributed by atoms with Crippen LogP contribution in [0.4, 0.5) is 0 Å². The van der Waals surface area contributed by atoms with Gasteiger partial charge in [-0.2, -0.15) is 0 Å². The number of halogens is 1. The van der Waals surface area contributed by atoms with Crippen molar-refractivity contribution in [3.05, 3.63) is 70.4 Å². The molecule has 4 rings (SSSR count). The first-order valence-corrected chi connectivity index (χ1v) is 9.32. The fourth-order valence-electron chi connectivity index (χ4n) is 3.89. The Balaban J connectivity index is 1.63. The van der Waals surface area contributed by atoms with E-state index in [1.807, 2.05) is 24.3 Å². The number of carboxylic acids is 1. The number of hydrogen-bond donors (Lipinski definition) is 4. The number of aliphatic carboxylic acids is 1. The minimum atomic E-state index is -1.56. The van der Waals surface area contributed by atoms with Gasteiger partial charge >= 0.3 is 5.97 Å². The minimum absolute atomic E-state index is 0.169. The average molecular weight is 399 g/mol. The molecule has 2 aromatic carbocycles. The maximum atomic E-state index is 12.8. The van der Waals surface area contributed by atoms with Gasteiger partial charge in [-0.3, -0.25) is 9.59 Å². The van der Waals surface area contributed by atoms with Crippen LogP contribution in [0.2, 0.25) is 5.02 Å². The summed E-state index contributed by atoms with van der Waals surface area (Å²) in [4.78, 5) is 27.2. The average Bonchev–Trinajstić information content (AvgIpc) is 3.04. The number of carboxylic acid groups (broad SMARTS) is 1. The van der Waals surface area contributed by atoms with Crippen LogP contribution in [0.5, 0.6) is 0 Å². The van der Waals surface area contributed by atoms with Crippen LogP contribution in [0.3, 0.4) is 0 Å². The molecule has 1 aromatic heterocycles. The zero-order valence-electron chi connectivity index (χ0n) is 14.9. The van der Waals surface area contributed by atoms with Crippen LogP contribution in [0, 0.1) is 0 Å². The molecule has 3 aromatic rings. The van der Waals surface area contributed by atoms with Gasteiger partial charge in [0.05, 0.1) is 18.1 Å². The Hall–Kier alpha value is -2.83. The highest BCUT2D eigenvalue weighted by atomic mass is 35.5. The normalized spacial score (nSPS) is 21.3. The number of fused-ring (bicyclic) bond motifs is 2. The standard InChI is InChI=1S/C21H19ClN2O4/c22-15-5-6-16-14(7-15)8-17(23-16)20(27)24-18-9-12-3-1-2-4-13(12)10-21(18,28)11-19(25)26/h1-8,18,23,28H,9-11H2,(H,24,27)(H,25,26)/t18?,21-/m1/s1. The van der Waals surface area contributed by atoms with Crippen molar-refractivity contribution in [1.82, 2.24) is 10.3 Å². The number of hydrogen-bond acceptors (Lipinski definition) is 3. The lowest BCUT2D eigenvalue weighted by molar-refractivity contribution is -0.144. The zero-order chi connectivity index (χ0) is 19.9. The van der Waals surface area contributed by atoms with Crippen molar-refractivity contribution in [1.29, 1.82) is 0 Å². The number of aromatic amines is 1. The van der Waals surface area contributed by atoms with Crippen LogP contribution in [0.1, 0.15) is 28.0 Å². The summed E-state index contributed by atoms with van der Waals surface area (Å²) in [6.45, 7) is 0. The first-order valence-electron chi connectivity index (χ1n) is 8.94. The van der Waals surface area contributed by atoms with Crippen LogP contribution in [-0.2, 0) is 17.6 Å². The predicted molar refractivity (Wildman–Crippen MR) is 106 cm³/mol. The minimum Gasteiger partial charge on any atom is -0.481 e. The van der Waals surface area contributed by atoms with Gasteiger partial charge in [-0.05, 0) is 41.8 Å². The molecule has 2 atom stereocenters. The Bertz CT molecular complexity index is 1080. The summed E-state index contributed by atoms with van der Waals surface area (Å²) in [6, 6.07) is 13.8. The van der Waals surface area contributed by atoms with Crippen molar-refractivity contribution >= 4 is 34.4 Å². The second-order valence-electron chi connectivity index (χ2n) is 7.26. The van der Waals surface area contributed by atoms with E-state index in [2.05, 4.69) is 10.3 Å². The van der Waals surface area contributed by atoms with Gasteiger partial charge in [0.25, 0.3) is 5.91 Å². The maximum absolute atomic E-state index is 12.8. The molecule has 4 N–H and O–H groups in total. The second kappa shape index (κ2) is 6.96. The summed E-state index contributed by atoms with van der Waals surface area (Å²) in [5.74, 6) is -1.51. The zero-order valence-corrected chi connectivity index (χ0v) is 15.7. The molecule has 0 spiro atoms. The molecule has 1 amide bonds. The molecule has 1 heterocycles. The summed E-state index contributed by atoms with van der Waals surface area (Å²) >= 11 is 5.99. The van der Waals surface area contributed by atoms with Crippen LogP contribution < -0.4 is 5.32 Å². The summed E-state index contributed by atoms with van der Waals surface area (Å²) < 4.78 is 0. The van der Waals surface area contributed by atoms with Gasteiger partial charge in [0.2, 0.25) is 0 Å². The smallest absolute Gasteiger partial charge is 0.306 e. The topological polar surface area (TPSA) is 102 Å². The molecule has 1 unspecified atom stereocenters. The lowest BCUT2D eigenvalue weighted by Crippen LogP contribution is -2.58. The Morgan fingerprint density at radius 3 is 2.68 bits per heavy atom. The van der Waals surface area contributed by atoms with Gasteiger partial charge in [0.15, 0.2) is 0 Å². The maximum Gasteiger partial charge on any atom is 0.306 e. The lowest BCUT2D eigenvalue weighted by atomic mass is 9.75. The van der Waals surface area contributed by atoms with Crippen LogP contribution >= 0.6 is 11.6 Å². The summed E-state index contributed by atoms with van der Waals surface area (Å²) in [5.41, 5.74) is 1.42. The number of carbonyl (C=O) groups excluding carboxylic acids is 1. The second-order valence-corrected chi connectivity index (χ2v) is 7.70. The molecule has 0 fully saturated rings. The lowest BCUT2D eigenvalue weighted by Gasteiger charge is -2.40. The monoisotopic (exact) mass is 398 g/mol. The molecule has 6 nitrogen and oxygen atoms in total. The molecule has 0 bridgehead atoms. The highest BCUT2D eigenvalue weighted by Gasteiger charge is 2.43. The summed E-state index contributed by atoms with van der Waals surface area (Å²) in [7, 11) is 0. The number of aliphatic hydroxyl groups is 1. The van der Waals surface area contributed by atoms with E-state index < -0.39 is 29.9 Å². The number of benzene rings is 2. The molecule has 0 aliphatic heterocycles.